The largest absolute Gasteiger partial charge is 0.489 e. The summed E-state index contributed by atoms with van der Waals surface area (Å²) in [6, 6.07) is 26.8. The van der Waals surface area contributed by atoms with Crippen molar-refractivity contribution in [2.75, 3.05) is 11.9 Å². The molecule has 37 heavy (non-hydrogen) atoms. The number of hydrogen-bond acceptors (Lipinski definition) is 3. The van der Waals surface area contributed by atoms with Crippen LogP contribution in [0, 0.1) is 0 Å². The van der Waals surface area contributed by atoms with Gasteiger partial charge in [0.1, 0.15) is 12.4 Å². The van der Waals surface area contributed by atoms with Crippen molar-refractivity contribution in [3.63, 3.8) is 0 Å². The summed E-state index contributed by atoms with van der Waals surface area (Å²) in [6.07, 6.45) is -2.23. The second-order valence-corrected chi connectivity index (χ2v) is 8.42. The van der Waals surface area contributed by atoms with Crippen molar-refractivity contribution in [1.82, 2.24) is 9.88 Å². The van der Waals surface area contributed by atoms with Gasteiger partial charge >= 0.3 is 12.2 Å². The lowest BCUT2D eigenvalue weighted by Gasteiger charge is -2.24. The number of hydrogen-bond donors (Lipinski definition) is 1. The van der Waals surface area contributed by atoms with Crippen LogP contribution in [0.25, 0.3) is 0 Å². The second kappa shape index (κ2) is 12.1. The van der Waals surface area contributed by atoms with Gasteiger partial charge in [-0.3, -0.25) is 4.98 Å². The summed E-state index contributed by atoms with van der Waals surface area (Å²) in [7, 11) is 0. The van der Waals surface area contributed by atoms with E-state index in [2.05, 4.69) is 10.3 Å². The fourth-order valence-corrected chi connectivity index (χ4v) is 3.69. The standard InChI is InChI=1S/C29H26F3N3O2/c30-29(31,32)24-12-14-26(15-13-24)34-28(36)35(18-16-25-10-4-5-17-33-25)20-23-9-6-11-27(19-23)37-21-22-7-2-1-3-8-22/h1-15,17,19H,16,18,20-21H2,(H,34,36). The third-order valence-electron chi connectivity index (χ3n) is 5.63. The number of benzene rings is 3. The number of aromatic nitrogens is 1. The molecule has 0 aliphatic heterocycles. The summed E-state index contributed by atoms with van der Waals surface area (Å²) >= 11 is 0. The highest BCUT2D eigenvalue weighted by molar-refractivity contribution is 5.89. The predicted molar refractivity (Wildman–Crippen MR) is 136 cm³/mol. The minimum absolute atomic E-state index is 0.279. The third-order valence-corrected chi connectivity index (χ3v) is 5.63. The summed E-state index contributed by atoms with van der Waals surface area (Å²) in [5.41, 5.74) is 2.23. The number of halogens is 3. The van der Waals surface area contributed by atoms with Gasteiger partial charge in [-0.05, 0) is 59.7 Å². The molecule has 0 fully saturated rings. The topological polar surface area (TPSA) is 54.5 Å². The zero-order chi connectivity index (χ0) is 26.1. The number of urea groups is 1. The molecule has 0 spiro atoms. The van der Waals surface area contributed by atoms with Crippen LogP contribution in [0.15, 0.2) is 103 Å². The van der Waals surface area contributed by atoms with Crippen molar-refractivity contribution in [3.8, 4) is 5.75 Å². The summed E-state index contributed by atoms with van der Waals surface area (Å²) in [6.45, 7) is 1.06. The van der Waals surface area contributed by atoms with Crippen LogP contribution in [0.1, 0.15) is 22.4 Å². The Hall–Kier alpha value is -4.33. The number of nitrogens with zero attached hydrogens (tertiary/aromatic N) is 2. The number of nitrogens with one attached hydrogen (secondary N) is 1. The Bertz CT molecular complexity index is 1280. The molecular formula is C29H26F3N3O2. The van der Waals surface area contributed by atoms with E-state index in [1.165, 1.54) is 12.1 Å². The van der Waals surface area contributed by atoms with Crippen molar-refractivity contribution in [3.05, 3.63) is 126 Å². The molecule has 1 heterocycles. The van der Waals surface area contributed by atoms with Crippen LogP contribution in [0.2, 0.25) is 0 Å². The maximum atomic E-state index is 13.2. The zero-order valence-electron chi connectivity index (χ0n) is 20.0. The summed E-state index contributed by atoms with van der Waals surface area (Å²) < 4.78 is 44.6. The van der Waals surface area contributed by atoms with Gasteiger partial charge in [0.05, 0.1) is 5.56 Å². The molecule has 8 heteroatoms. The predicted octanol–water partition coefficient (Wildman–Crippen LogP) is 6.96. The van der Waals surface area contributed by atoms with Crippen molar-refractivity contribution in [2.45, 2.75) is 25.7 Å². The van der Waals surface area contributed by atoms with Crippen molar-refractivity contribution in [2.24, 2.45) is 0 Å². The average molecular weight is 506 g/mol. The highest BCUT2D eigenvalue weighted by Crippen LogP contribution is 2.30. The lowest BCUT2D eigenvalue weighted by molar-refractivity contribution is -0.137. The first kappa shape index (κ1) is 25.8. The number of carbonyl (C=O) groups excluding carboxylic acids is 1. The highest BCUT2D eigenvalue weighted by Gasteiger charge is 2.30. The van der Waals surface area contributed by atoms with E-state index in [1.54, 1.807) is 11.1 Å². The SMILES string of the molecule is O=C(Nc1ccc(C(F)(F)F)cc1)N(CCc1ccccn1)Cc1cccc(OCc2ccccc2)c1. The highest BCUT2D eigenvalue weighted by atomic mass is 19.4. The van der Waals surface area contributed by atoms with Crippen molar-refractivity contribution >= 4 is 11.7 Å². The van der Waals surface area contributed by atoms with Gasteiger partial charge in [-0.15, -0.1) is 0 Å². The lowest BCUT2D eigenvalue weighted by atomic mass is 10.2. The molecular weight excluding hydrogens is 479 g/mol. The normalized spacial score (nSPS) is 11.1. The van der Waals surface area contributed by atoms with Gasteiger partial charge in [-0.1, -0.05) is 48.5 Å². The average Bonchev–Trinajstić information content (AvgIpc) is 2.91. The monoisotopic (exact) mass is 505 g/mol. The molecule has 0 radical (unpaired) electrons. The molecule has 3 aromatic carbocycles. The van der Waals surface area contributed by atoms with Crippen LogP contribution in [-0.2, 0) is 25.7 Å². The molecule has 2 amide bonds. The Morgan fingerprint density at radius 2 is 1.59 bits per heavy atom. The van der Waals surface area contributed by atoms with Crippen LogP contribution >= 0.6 is 0 Å². The summed E-state index contributed by atoms with van der Waals surface area (Å²) in [5.74, 6) is 0.675. The van der Waals surface area contributed by atoms with E-state index in [4.69, 9.17) is 4.74 Å². The molecule has 0 bridgehead atoms. The van der Waals surface area contributed by atoms with Crippen molar-refractivity contribution < 1.29 is 22.7 Å². The van der Waals surface area contributed by atoms with E-state index >= 15 is 0 Å². The lowest BCUT2D eigenvalue weighted by Crippen LogP contribution is -2.36. The maximum Gasteiger partial charge on any atom is 0.416 e. The number of carbonyl (C=O) groups is 1. The Kier molecular flexibility index (Phi) is 8.40. The third kappa shape index (κ3) is 7.83. The molecule has 4 rings (SSSR count). The molecule has 0 aliphatic carbocycles. The van der Waals surface area contributed by atoms with E-state index in [9.17, 15) is 18.0 Å². The van der Waals surface area contributed by atoms with Gasteiger partial charge in [-0.2, -0.15) is 13.2 Å². The number of alkyl halides is 3. The minimum Gasteiger partial charge on any atom is -0.489 e. The van der Waals surface area contributed by atoms with Crippen LogP contribution in [0.5, 0.6) is 5.75 Å². The Morgan fingerprint density at radius 3 is 2.30 bits per heavy atom. The molecule has 0 atom stereocenters. The Morgan fingerprint density at radius 1 is 0.865 bits per heavy atom. The number of rotatable bonds is 9. The molecule has 0 aliphatic rings. The van der Waals surface area contributed by atoms with Gasteiger partial charge in [0.25, 0.3) is 0 Å². The van der Waals surface area contributed by atoms with E-state index in [0.717, 1.165) is 29.0 Å². The summed E-state index contributed by atoms with van der Waals surface area (Å²) in [4.78, 5) is 19.1. The first-order valence-electron chi connectivity index (χ1n) is 11.8. The Balaban J connectivity index is 1.46. The fourth-order valence-electron chi connectivity index (χ4n) is 3.69. The molecule has 1 N–H and O–H groups in total. The quantitative estimate of drug-likeness (QED) is 0.268. The van der Waals surface area contributed by atoms with Gasteiger partial charge < -0.3 is 15.0 Å². The van der Waals surface area contributed by atoms with Crippen LogP contribution in [-0.4, -0.2) is 22.5 Å². The second-order valence-electron chi connectivity index (χ2n) is 8.42. The van der Waals surface area contributed by atoms with E-state index in [-0.39, 0.29) is 12.2 Å². The van der Waals surface area contributed by atoms with E-state index in [1.807, 2.05) is 72.8 Å². The first-order chi connectivity index (χ1) is 17.9. The van der Waals surface area contributed by atoms with Crippen LogP contribution in [0.4, 0.5) is 23.7 Å². The Labute approximate surface area is 213 Å². The number of amides is 2. The molecule has 1 aromatic heterocycles. The molecule has 190 valence electrons. The maximum absolute atomic E-state index is 13.2. The molecule has 5 nitrogen and oxygen atoms in total. The minimum atomic E-state index is -4.44. The number of ether oxygens (including phenoxy) is 1. The first-order valence-corrected chi connectivity index (χ1v) is 11.8. The van der Waals surface area contributed by atoms with Crippen LogP contribution < -0.4 is 10.1 Å². The summed E-state index contributed by atoms with van der Waals surface area (Å²) in [5, 5.41) is 2.71. The number of anilines is 1. The smallest absolute Gasteiger partial charge is 0.416 e. The van der Waals surface area contributed by atoms with Gasteiger partial charge in [0.15, 0.2) is 0 Å². The molecule has 0 saturated heterocycles. The van der Waals surface area contributed by atoms with E-state index < -0.39 is 17.8 Å². The van der Waals surface area contributed by atoms with Gasteiger partial charge in [0, 0.05) is 37.1 Å². The zero-order valence-corrected chi connectivity index (χ0v) is 20.0. The molecule has 0 unspecified atom stereocenters. The van der Waals surface area contributed by atoms with E-state index in [0.29, 0.717) is 25.3 Å². The molecule has 4 aromatic rings. The molecule has 0 saturated carbocycles. The van der Waals surface area contributed by atoms with Crippen LogP contribution in [0.3, 0.4) is 0 Å². The fraction of sp³-hybridized carbons (Fsp3) is 0.172. The van der Waals surface area contributed by atoms with Gasteiger partial charge in [-0.25, -0.2) is 4.79 Å². The number of pyridine rings is 1. The van der Waals surface area contributed by atoms with Crippen molar-refractivity contribution in [1.29, 1.82) is 0 Å². The van der Waals surface area contributed by atoms with Gasteiger partial charge in [0.2, 0.25) is 0 Å².